The Kier molecular flexibility index (Phi) is 3.97. The Labute approximate surface area is 98.4 Å². The lowest BCUT2D eigenvalue weighted by atomic mass is 10.1. The summed E-state index contributed by atoms with van der Waals surface area (Å²) in [6, 6.07) is 11.1. The highest BCUT2D eigenvalue weighted by atomic mass is 14.9. The van der Waals surface area contributed by atoms with Gasteiger partial charge in [0.1, 0.15) is 0 Å². The van der Waals surface area contributed by atoms with E-state index in [2.05, 4.69) is 47.9 Å². The van der Waals surface area contributed by atoms with E-state index in [0.29, 0.717) is 6.04 Å². The Morgan fingerprint density at radius 2 is 1.88 bits per heavy atom. The van der Waals surface area contributed by atoms with Crippen LogP contribution in [0, 0.1) is 11.8 Å². The zero-order chi connectivity index (χ0) is 11.4. The molecule has 1 aromatic carbocycles. The molecule has 0 spiro atoms. The van der Waals surface area contributed by atoms with Crippen LogP contribution >= 0.6 is 0 Å². The topological polar surface area (TPSA) is 24.1 Å². The molecule has 0 amide bonds. The van der Waals surface area contributed by atoms with Gasteiger partial charge < -0.3 is 10.6 Å². The third kappa shape index (κ3) is 3.06. The molecule has 0 radical (unpaired) electrons. The number of rotatable bonds is 6. The summed E-state index contributed by atoms with van der Waals surface area (Å²) in [7, 11) is 2.04. The van der Waals surface area contributed by atoms with Crippen molar-refractivity contribution in [3.8, 4) is 0 Å². The Hall–Kier alpha value is -0.860. The number of hydrogen-bond acceptors (Lipinski definition) is 2. The fourth-order valence-corrected chi connectivity index (χ4v) is 2.26. The molecule has 1 aromatic rings. The van der Waals surface area contributed by atoms with Gasteiger partial charge in [-0.05, 0) is 50.9 Å². The summed E-state index contributed by atoms with van der Waals surface area (Å²) in [5.74, 6) is 1.79. The van der Waals surface area contributed by atoms with E-state index >= 15 is 0 Å². The lowest BCUT2D eigenvalue weighted by Gasteiger charge is -2.14. The average Bonchev–Trinajstić information content (AvgIpc) is 3.06. The molecule has 1 saturated carbocycles. The fraction of sp³-hybridized carbons (Fsp3) is 0.571. The van der Waals surface area contributed by atoms with E-state index < -0.39 is 0 Å². The van der Waals surface area contributed by atoms with Gasteiger partial charge in [0.2, 0.25) is 0 Å². The van der Waals surface area contributed by atoms with Crippen molar-refractivity contribution in [3.05, 3.63) is 35.9 Å². The van der Waals surface area contributed by atoms with Crippen LogP contribution < -0.4 is 10.6 Å². The van der Waals surface area contributed by atoms with Gasteiger partial charge in [0.05, 0.1) is 0 Å². The highest BCUT2D eigenvalue weighted by molar-refractivity contribution is 5.18. The molecule has 0 aliphatic heterocycles. The molecule has 16 heavy (non-hydrogen) atoms. The fourth-order valence-electron chi connectivity index (χ4n) is 2.26. The number of nitrogens with one attached hydrogen (secondary N) is 2. The van der Waals surface area contributed by atoms with E-state index in [-0.39, 0.29) is 0 Å². The summed E-state index contributed by atoms with van der Waals surface area (Å²) in [5, 5.41) is 6.87. The summed E-state index contributed by atoms with van der Waals surface area (Å²) in [6.45, 7) is 4.57. The molecule has 2 N–H and O–H groups in total. The molecule has 1 fully saturated rings. The minimum atomic E-state index is 0.469. The van der Waals surface area contributed by atoms with Crippen molar-refractivity contribution < 1.29 is 0 Å². The van der Waals surface area contributed by atoms with Crippen LogP contribution in [0.3, 0.4) is 0 Å². The van der Waals surface area contributed by atoms with Crippen molar-refractivity contribution in [3.63, 3.8) is 0 Å². The highest BCUT2D eigenvalue weighted by Gasteiger charge is 2.35. The molecule has 88 valence electrons. The first-order chi connectivity index (χ1) is 7.81. The normalized spacial score (nSPS) is 25.4. The molecule has 0 saturated heterocycles. The van der Waals surface area contributed by atoms with E-state index in [1.807, 2.05) is 7.05 Å². The summed E-state index contributed by atoms with van der Waals surface area (Å²) in [4.78, 5) is 0. The molecule has 2 rings (SSSR count). The van der Waals surface area contributed by atoms with Gasteiger partial charge >= 0.3 is 0 Å². The van der Waals surface area contributed by atoms with Crippen LogP contribution in [-0.2, 0) is 0 Å². The predicted octanol–water partition coefficient (Wildman–Crippen LogP) is 2.19. The van der Waals surface area contributed by atoms with Crippen molar-refractivity contribution >= 4 is 0 Å². The monoisotopic (exact) mass is 218 g/mol. The van der Waals surface area contributed by atoms with Crippen molar-refractivity contribution in [2.75, 3.05) is 20.1 Å². The lowest BCUT2D eigenvalue weighted by molar-refractivity contribution is 0.523. The molecular formula is C14H22N2. The van der Waals surface area contributed by atoms with Crippen LogP contribution in [-0.4, -0.2) is 20.1 Å². The Bertz CT molecular complexity index is 310. The van der Waals surface area contributed by atoms with Crippen molar-refractivity contribution in [1.82, 2.24) is 10.6 Å². The van der Waals surface area contributed by atoms with Gasteiger partial charge in [-0.2, -0.15) is 0 Å². The standard InChI is InChI=1S/C14H22N2/c1-11(12-6-4-3-5-7-12)16-10-14-8-13(14)9-15-2/h3-7,11,13-16H,8-10H2,1-2H3. The SMILES string of the molecule is CNCC1CC1CNC(C)c1ccccc1. The Morgan fingerprint density at radius 3 is 2.56 bits per heavy atom. The quantitative estimate of drug-likeness (QED) is 0.765. The van der Waals surface area contributed by atoms with E-state index in [1.54, 1.807) is 0 Å². The smallest absolute Gasteiger partial charge is 0.0291 e. The van der Waals surface area contributed by atoms with Gasteiger partial charge in [-0.1, -0.05) is 30.3 Å². The molecule has 0 heterocycles. The maximum absolute atomic E-state index is 3.62. The molecule has 1 aliphatic rings. The molecule has 1 aliphatic carbocycles. The first kappa shape index (κ1) is 11.6. The summed E-state index contributed by atoms with van der Waals surface area (Å²) >= 11 is 0. The number of hydrogen-bond donors (Lipinski definition) is 2. The van der Waals surface area contributed by atoms with Gasteiger partial charge in [0.15, 0.2) is 0 Å². The van der Waals surface area contributed by atoms with E-state index in [0.717, 1.165) is 18.4 Å². The second-order valence-electron chi connectivity index (χ2n) is 4.85. The van der Waals surface area contributed by atoms with E-state index in [9.17, 15) is 0 Å². The molecule has 0 bridgehead atoms. The zero-order valence-electron chi connectivity index (χ0n) is 10.2. The lowest BCUT2D eigenvalue weighted by Crippen LogP contribution is -2.22. The van der Waals surface area contributed by atoms with E-state index in [4.69, 9.17) is 0 Å². The van der Waals surface area contributed by atoms with Crippen LogP contribution in [0.1, 0.15) is 24.9 Å². The maximum Gasteiger partial charge on any atom is 0.0291 e. The van der Waals surface area contributed by atoms with Crippen molar-refractivity contribution in [1.29, 1.82) is 0 Å². The van der Waals surface area contributed by atoms with Crippen LogP contribution in [0.15, 0.2) is 30.3 Å². The van der Waals surface area contributed by atoms with Crippen molar-refractivity contribution in [2.45, 2.75) is 19.4 Å². The minimum absolute atomic E-state index is 0.469. The molecule has 0 aromatic heterocycles. The summed E-state index contributed by atoms with van der Waals surface area (Å²) in [5.41, 5.74) is 1.38. The zero-order valence-corrected chi connectivity index (χ0v) is 10.2. The van der Waals surface area contributed by atoms with E-state index in [1.165, 1.54) is 18.5 Å². The molecule has 3 atom stereocenters. The molecule has 2 heteroatoms. The Morgan fingerprint density at radius 1 is 1.19 bits per heavy atom. The third-order valence-electron chi connectivity index (χ3n) is 3.52. The average molecular weight is 218 g/mol. The highest BCUT2D eigenvalue weighted by Crippen LogP contribution is 2.37. The third-order valence-corrected chi connectivity index (χ3v) is 3.52. The maximum atomic E-state index is 3.62. The van der Waals surface area contributed by atoms with Crippen LogP contribution in [0.5, 0.6) is 0 Å². The molecule has 2 nitrogen and oxygen atoms in total. The van der Waals surface area contributed by atoms with Crippen LogP contribution in [0.4, 0.5) is 0 Å². The van der Waals surface area contributed by atoms with Crippen molar-refractivity contribution in [2.24, 2.45) is 11.8 Å². The van der Waals surface area contributed by atoms with Crippen LogP contribution in [0.25, 0.3) is 0 Å². The van der Waals surface area contributed by atoms with Gasteiger partial charge in [0.25, 0.3) is 0 Å². The van der Waals surface area contributed by atoms with Crippen LogP contribution in [0.2, 0.25) is 0 Å². The summed E-state index contributed by atoms with van der Waals surface area (Å²) < 4.78 is 0. The predicted molar refractivity (Wildman–Crippen MR) is 68.4 cm³/mol. The first-order valence-electron chi connectivity index (χ1n) is 6.24. The largest absolute Gasteiger partial charge is 0.319 e. The minimum Gasteiger partial charge on any atom is -0.319 e. The second kappa shape index (κ2) is 5.46. The molecular weight excluding hydrogens is 196 g/mol. The Balaban J connectivity index is 1.71. The van der Waals surface area contributed by atoms with Gasteiger partial charge in [-0.15, -0.1) is 0 Å². The second-order valence-corrected chi connectivity index (χ2v) is 4.85. The molecule has 3 unspecified atom stereocenters. The van der Waals surface area contributed by atoms with Gasteiger partial charge in [0, 0.05) is 6.04 Å². The summed E-state index contributed by atoms with van der Waals surface area (Å²) in [6.07, 6.45) is 1.38. The number of benzene rings is 1. The van der Waals surface area contributed by atoms with Gasteiger partial charge in [-0.3, -0.25) is 0 Å². The first-order valence-corrected chi connectivity index (χ1v) is 6.24. The van der Waals surface area contributed by atoms with Gasteiger partial charge in [-0.25, -0.2) is 0 Å².